The Balaban J connectivity index is 2.06. The highest BCUT2D eigenvalue weighted by Gasteiger charge is 2.44. The van der Waals surface area contributed by atoms with Crippen molar-refractivity contribution in [2.75, 3.05) is 19.4 Å². The maximum absolute atomic E-state index is 12.0. The fourth-order valence-corrected chi connectivity index (χ4v) is 5.97. The van der Waals surface area contributed by atoms with Gasteiger partial charge in [0.25, 0.3) is 0 Å². The molecule has 0 bridgehead atoms. The Labute approximate surface area is 194 Å². The molecule has 1 saturated heterocycles. The molecule has 0 aromatic heterocycles. The molecule has 0 aromatic carbocycles. The molecule has 0 aliphatic carbocycles. The van der Waals surface area contributed by atoms with Gasteiger partial charge in [-0.2, -0.15) is 0 Å². The minimum Gasteiger partial charge on any atom is -0.382 e. The van der Waals surface area contributed by atoms with E-state index in [1.54, 1.807) is 0 Å². The van der Waals surface area contributed by atoms with Gasteiger partial charge in [0.1, 0.15) is 7.85 Å². The summed E-state index contributed by atoms with van der Waals surface area (Å²) in [5.74, 6) is -0.0811. The lowest BCUT2D eigenvalue weighted by molar-refractivity contribution is 0.00966. The molecule has 1 heterocycles. The second-order valence-corrected chi connectivity index (χ2v) is 12.2. The third-order valence-electron chi connectivity index (χ3n) is 6.49. The van der Waals surface area contributed by atoms with Gasteiger partial charge in [0.2, 0.25) is 0 Å². The van der Waals surface area contributed by atoms with Crippen molar-refractivity contribution in [2.24, 2.45) is 5.92 Å². The van der Waals surface area contributed by atoms with Gasteiger partial charge in [-0.05, 0) is 12.8 Å². The summed E-state index contributed by atoms with van der Waals surface area (Å²) in [7, 11) is 3.02. The third kappa shape index (κ3) is 14.1. The topological polar surface area (TPSA) is 55.8 Å². The van der Waals surface area contributed by atoms with Crippen LogP contribution >= 0.6 is 7.37 Å². The lowest BCUT2D eigenvalue weighted by Crippen LogP contribution is -2.33. The zero-order valence-corrected chi connectivity index (χ0v) is 21.6. The zero-order chi connectivity index (χ0) is 23.0. The fraction of sp³-hybridized carbons (Fsp3) is 1.00. The molecule has 182 valence electrons. The molecule has 31 heavy (non-hydrogen) atoms. The Morgan fingerprint density at radius 2 is 1.32 bits per heavy atom. The average molecular weight is 456 g/mol. The monoisotopic (exact) mass is 456 g/mol. The molecule has 1 fully saturated rings. The number of rotatable bonds is 20. The molecule has 4 nitrogen and oxygen atoms in total. The largest absolute Gasteiger partial charge is 0.382 e. The first-order valence-electron chi connectivity index (χ1n) is 13.2. The smallest absolute Gasteiger partial charge is 0.198 e. The minimum absolute atomic E-state index is 0.0678. The molecule has 5 unspecified atom stereocenters. The van der Waals surface area contributed by atoms with Crippen LogP contribution in [-0.2, 0) is 14.0 Å². The maximum Gasteiger partial charge on any atom is 0.198 e. The second kappa shape index (κ2) is 17.6. The van der Waals surface area contributed by atoms with Crippen LogP contribution in [0.4, 0.5) is 0 Å². The molecule has 6 heteroatoms. The van der Waals surface area contributed by atoms with Crippen molar-refractivity contribution in [1.29, 1.82) is 0 Å². The van der Waals surface area contributed by atoms with Crippen LogP contribution in [0, 0.1) is 5.92 Å². The lowest BCUT2D eigenvalue weighted by Gasteiger charge is -2.25. The van der Waals surface area contributed by atoms with E-state index in [4.69, 9.17) is 17.3 Å². The van der Waals surface area contributed by atoms with Gasteiger partial charge < -0.3 is 14.4 Å². The predicted octanol–water partition coefficient (Wildman–Crippen LogP) is 7.06. The van der Waals surface area contributed by atoms with E-state index < -0.39 is 13.4 Å². The Bertz CT molecular complexity index is 470. The van der Waals surface area contributed by atoms with E-state index in [-0.39, 0.29) is 24.3 Å². The quantitative estimate of drug-likeness (QED) is 0.121. The van der Waals surface area contributed by atoms with Crippen molar-refractivity contribution >= 4 is 15.2 Å². The predicted molar refractivity (Wildman–Crippen MR) is 133 cm³/mol. The van der Waals surface area contributed by atoms with Crippen LogP contribution in [0.5, 0.6) is 0 Å². The minimum atomic E-state index is -3.13. The molecule has 1 rings (SSSR count). The summed E-state index contributed by atoms with van der Waals surface area (Å²) in [6.45, 7) is 6.45. The van der Waals surface area contributed by atoms with Crippen LogP contribution in [0.25, 0.3) is 0 Å². The number of ether oxygens (including phenoxy) is 2. The zero-order valence-electron chi connectivity index (χ0n) is 20.7. The summed E-state index contributed by atoms with van der Waals surface area (Å²) >= 11 is 0. The molecule has 2 radical (unpaired) electrons. The van der Waals surface area contributed by atoms with E-state index >= 15 is 0 Å². The molecule has 1 N–H and O–H groups in total. The number of hydrogen-bond acceptors (Lipinski definition) is 3. The first-order chi connectivity index (χ1) is 14.9. The van der Waals surface area contributed by atoms with Gasteiger partial charge in [0.15, 0.2) is 7.37 Å². The summed E-state index contributed by atoms with van der Waals surface area (Å²) in [6, 6.07) is -0.486. The highest BCUT2D eigenvalue weighted by Crippen LogP contribution is 2.44. The van der Waals surface area contributed by atoms with Crippen molar-refractivity contribution in [3.8, 4) is 0 Å². The third-order valence-corrected chi connectivity index (χ3v) is 7.59. The van der Waals surface area contributed by atoms with E-state index in [1.165, 1.54) is 90.1 Å². The van der Waals surface area contributed by atoms with Gasteiger partial charge in [-0.15, -0.1) is 0 Å². The van der Waals surface area contributed by atoms with Crippen molar-refractivity contribution in [1.82, 2.24) is 0 Å². The van der Waals surface area contributed by atoms with Crippen molar-refractivity contribution in [3.05, 3.63) is 0 Å². The number of unbranched alkanes of at least 4 members (excludes halogenated alkanes) is 13. The Morgan fingerprint density at radius 1 is 0.839 bits per heavy atom. The molecule has 0 amide bonds. The van der Waals surface area contributed by atoms with E-state index in [0.717, 1.165) is 19.3 Å². The van der Waals surface area contributed by atoms with Crippen molar-refractivity contribution in [2.45, 2.75) is 135 Å². The number of hydrogen-bond donors (Lipinski definition) is 1. The van der Waals surface area contributed by atoms with E-state index in [9.17, 15) is 9.46 Å². The molecular weight excluding hydrogens is 406 g/mol. The van der Waals surface area contributed by atoms with Gasteiger partial charge in [0.05, 0.1) is 12.2 Å². The summed E-state index contributed by atoms with van der Waals surface area (Å²) < 4.78 is 23.9. The summed E-state index contributed by atoms with van der Waals surface area (Å²) in [5, 5.41) is 0. The highest BCUT2D eigenvalue weighted by molar-refractivity contribution is 7.57. The van der Waals surface area contributed by atoms with Crippen LogP contribution in [0.3, 0.4) is 0 Å². The van der Waals surface area contributed by atoms with Gasteiger partial charge in [-0.3, -0.25) is 4.57 Å². The molecule has 1 aliphatic heterocycles. The Morgan fingerprint density at radius 3 is 1.77 bits per heavy atom. The fourth-order valence-electron chi connectivity index (χ4n) is 4.75. The van der Waals surface area contributed by atoms with E-state index in [1.807, 2.05) is 0 Å². The van der Waals surface area contributed by atoms with Gasteiger partial charge >= 0.3 is 0 Å². The summed E-state index contributed by atoms with van der Waals surface area (Å²) in [5.41, 5.74) is 0. The summed E-state index contributed by atoms with van der Waals surface area (Å²) in [6.07, 6.45) is 20.4. The summed E-state index contributed by atoms with van der Waals surface area (Å²) in [4.78, 5) is 9.88. The Hall–Kier alpha value is 0.175. The van der Waals surface area contributed by atoms with Crippen LogP contribution < -0.4 is 0 Å². The van der Waals surface area contributed by atoms with Crippen molar-refractivity contribution < 1.29 is 18.9 Å². The molecular formula is C25H50BO4P. The van der Waals surface area contributed by atoms with Gasteiger partial charge in [0, 0.05) is 31.4 Å². The first-order valence-corrected chi connectivity index (χ1v) is 15.5. The van der Waals surface area contributed by atoms with E-state index in [0.29, 0.717) is 6.61 Å². The van der Waals surface area contributed by atoms with Crippen LogP contribution in [0.2, 0.25) is 0 Å². The average Bonchev–Trinajstić information content (AvgIpc) is 2.98. The second-order valence-electron chi connectivity index (χ2n) is 9.76. The van der Waals surface area contributed by atoms with Gasteiger partial charge in [-0.25, -0.2) is 0 Å². The maximum atomic E-state index is 12.0. The normalized spacial score (nSPS) is 25.7. The molecule has 1 aliphatic rings. The Kier molecular flexibility index (Phi) is 16.6. The standard InChI is InChI=1S/C25H50BO4P/c1-4-6-7-8-9-10-11-12-13-14-15-16-17-18-20-29-24-22(21-31(3,27)28)23(19-5-2)30-25(24)26/h22-25H,4-21H2,1-3H3,(H,27,28). The van der Waals surface area contributed by atoms with E-state index in [2.05, 4.69) is 13.8 Å². The van der Waals surface area contributed by atoms with Gasteiger partial charge in [-0.1, -0.05) is 104 Å². The molecule has 0 saturated carbocycles. The highest BCUT2D eigenvalue weighted by atomic mass is 31.2. The van der Waals surface area contributed by atoms with Crippen LogP contribution in [0.15, 0.2) is 0 Å². The van der Waals surface area contributed by atoms with Crippen molar-refractivity contribution in [3.63, 3.8) is 0 Å². The van der Waals surface area contributed by atoms with Crippen LogP contribution in [0.1, 0.15) is 117 Å². The SMILES string of the molecule is [B]C1OC(CCC)C(CP(C)(=O)O)C1OCCCCCCCCCCCCCCCC. The van der Waals surface area contributed by atoms with Crippen LogP contribution in [-0.4, -0.2) is 50.4 Å². The first kappa shape index (κ1) is 29.2. The molecule has 0 aromatic rings. The molecule has 0 spiro atoms. The lowest BCUT2D eigenvalue weighted by atomic mass is 9.87. The molecule has 5 atom stereocenters.